The second-order valence-electron chi connectivity index (χ2n) is 5.86. The molecule has 0 saturated carbocycles. The van der Waals surface area contributed by atoms with Crippen LogP contribution in [0.1, 0.15) is 25.5 Å². The highest BCUT2D eigenvalue weighted by molar-refractivity contribution is 7.90. The summed E-state index contributed by atoms with van der Waals surface area (Å²) in [5, 5.41) is 3.32. The summed E-state index contributed by atoms with van der Waals surface area (Å²) in [6.07, 6.45) is 1.06. The van der Waals surface area contributed by atoms with Crippen molar-refractivity contribution >= 4 is 15.7 Å². The third-order valence-electron chi connectivity index (χ3n) is 3.67. The molecule has 1 aliphatic rings. The Kier molecular flexibility index (Phi) is 4.68. The lowest BCUT2D eigenvalue weighted by Crippen LogP contribution is -2.43. The van der Waals surface area contributed by atoms with Gasteiger partial charge in [0.15, 0.2) is 0 Å². The van der Waals surface area contributed by atoms with Gasteiger partial charge in [-0.1, -0.05) is 44.2 Å². The largest absolute Gasteiger partial charge is 0.324 e. The van der Waals surface area contributed by atoms with Gasteiger partial charge in [0.25, 0.3) is 0 Å². The molecule has 21 heavy (non-hydrogen) atoms. The molecule has 1 heterocycles. The standard InChI is InChI=1S/C15H22N2O3S/c1-11(2)14-16-13(12-7-5-4-6-8-12)15(18)17(14)9-10-21(3,19)20/h4-8,11,13-14,16H,9-10H2,1-3H3. The van der Waals surface area contributed by atoms with Crippen molar-refractivity contribution in [2.24, 2.45) is 5.92 Å². The molecule has 2 unspecified atom stereocenters. The van der Waals surface area contributed by atoms with E-state index in [1.165, 1.54) is 6.26 Å². The highest BCUT2D eigenvalue weighted by Crippen LogP contribution is 2.27. The zero-order valence-electron chi connectivity index (χ0n) is 12.6. The normalized spacial score (nSPS) is 23.0. The third-order valence-corrected chi connectivity index (χ3v) is 4.59. The number of hydrogen-bond donors (Lipinski definition) is 1. The predicted molar refractivity (Wildman–Crippen MR) is 82.4 cm³/mol. The third kappa shape index (κ3) is 3.83. The van der Waals surface area contributed by atoms with E-state index >= 15 is 0 Å². The minimum atomic E-state index is -3.09. The minimum Gasteiger partial charge on any atom is -0.324 e. The van der Waals surface area contributed by atoms with Crippen molar-refractivity contribution in [1.82, 2.24) is 10.2 Å². The minimum absolute atomic E-state index is 0.00878. The summed E-state index contributed by atoms with van der Waals surface area (Å²) < 4.78 is 22.7. The summed E-state index contributed by atoms with van der Waals surface area (Å²) in [6.45, 7) is 4.27. The van der Waals surface area contributed by atoms with E-state index in [-0.39, 0.29) is 30.3 Å². The van der Waals surface area contributed by atoms with Gasteiger partial charge in [-0.3, -0.25) is 10.1 Å². The zero-order valence-corrected chi connectivity index (χ0v) is 13.4. The summed E-state index contributed by atoms with van der Waals surface area (Å²) in [5.41, 5.74) is 0.912. The number of amides is 1. The number of carbonyl (C=O) groups excluding carboxylic acids is 1. The maximum atomic E-state index is 12.6. The lowest BCUT2D eigenvalue weighted by molar-refractivity contribution is -0.130. The topological polar surface area (TPSA) is 66.5 Å². The van der Waals surface area contributed by atoms with E-state index in [0.29, 0.717) is 0 Å². The average molecular weight is 310 g/mol. The van der Waals surface area contributed by atoms with Crippen LogP contribution in [0.5, 0.6) is 0 Å². The van der Waals surface area contributed by atoms with Gasteiger partial charge < -0.3 is 4.90 Å². The maximum absolute atomic E-state index is 12.6. The van der Waals surface area contributed by atoms with Gasteiger partial charge in [-0.25, -0.2) is 8.42 Å². The van der Waals surface area contributed by atoms with Crippen LogP contribution >= 0.6 is 0 Å². The van der Waals surface area contributed by atoms with Crippen LogP contribution in [0, 0.1) is 5.92 Å². The summed E-state index contributed by atoms with van der Waals surface area (Å²) in [7, 11) is -3.09. The van der Waals surface area contributed by atoms with E-state index in [1.807, 2.05) is 44.2 Å². The van der Waals surface area contributed by atoms with Gasteiger partial charge in [0.05, 0.1) is 11.9 Å². The van der Waals surface area contributed by atoms with Crippen molar-refractivity contribution < 1.29 is 13.2 Å². The molecule has 0 aliphatic carbocycles. The fourth-order valence-electron chi connectivity index (χ4n) is 2.59. The number of hydrogen-bond acceptors (Lipinski definition) is 4. The molecule has 1 saturated heterocycles. The molecule has 1 aliphatic heterocycles. The smallest absolute Gasteiger partial charge is 0.245 e. The SMILES string of the molecule is CC(C)C1NC(c2ccccc2)C(=O)N1CCS(C)(=O)=O. The first-order chi connectivity index (χ1) is 9.79. The molecule has 5 nitrogen and oxygen atoms in total. The number of benzene rings is 1. The number of nitrogens with zero attached hydrogens (tertiary/aromatic N) is 1. The van der Waals surface area contributed by atoms with E-state index in [1.54, 1.807) is 4.90 Å². The quantitative estimate of drug-likeness (QED) is 0.887. The molecular weight excluding hydrogens is 288 g/mol. The number of sulfone groups is 1. The van der Waals surface area contributed by atoms with Gasteiger partial charge in [-0.2, -0.15) is 0 Å². The Bertz CT molecular complexity index is 599. The Morgan fingerprint density at radius 2 is 1.86 bits per heavy atom. The van der Waals surface area contributed by atoms with Crippen LogP contribution in [0.3, 0.4) is 0 Å². The van der Waals surface area contributed by atoms with Crippen LogP contribution in [0.25, 0.3) is 0 Å². The second kappa shape index (κ2) is 6.15. The second-order valence-corrected chi connectivity index (χ2v) is 8.12. The molecule has 2 rings (SSSR count). The molecule has 1 aromatic carbocycles. The Morgan fingerprint density at radius 3 is 2.38 bits per heavy atom. The number of nitrogens with one attached hydrogen (secondary N) is 1. The first-order valence-corrected chi connectivity index (χ1v) is 9.15. The Morgan fingerprint density at radius 1 is 1.24 bits per heavy atom. The van der Waals surface area contributed by atoms with E-state index in [4.69, 9.17) is 0 Å². The number of carbonyl (C=O) groups is 1. The lowest BCUT2D eigenvalue weighted by atomic mass is 10.1. The lowest BCUT2D eigenvalue weighted by Gasteiger charge is -2.26. The van der Waals surface area contributed by atoms with Crippen molar-refractivity contribution in [2.75, 3.05) is 18.6 Å². The Hall–Kier alpha value is -1.40. The van der Waals surface area contributed by atoms with E-state index in [2.05, 4.69) is 5.32 Å². The highest BCUT2D eigenvalue weighted by Gasteiger charge is 2.40. The summed E-state index contributed by atoms with van der Waals surface area (Å²) >= 11 is 0. The molecular formula is C15H22N2O3S. The Balaban J connectivity index is 2.20. The van der Waals surface area contributed by atoms with Gasteiger partial charge in [-0.05, 0) is 11.5 Å². The van der Waals surface area contributed by atoms with E-state index in [9.17, 15) is 13.2 Å². The fraction of sp³-hybridized carbons (Fsp3) is 0.533. The van der Waals surface area contributed by atoms with Crippen molar-refractivity contribution in [3.8, 4) is 0 Å². The van der Waals surface area contributed by atoms with Crippen molar-refractivity contribution in [3.05, 3.63) is 35.9 Å². The summed E-state index contributed by atoms with van der Waals surface area (Å²) in [6, 6.07) is 9.13. The summed E-state index contributed by atoms with van der Waals surface area (Å²) in [4.78, 5) is 14.3. The molecule has 1 fully saturated rings. The molecule has 6 heteroatoms. The summed E-state index contributed by atoms with van der Waals surface area (Å²) in [5.74, 6) is 0.149. The van der Waals surface area contributed by atoms with Gasteiger partial charge in [0, 0.05) is 12.8 Å². The van der Waals surface area contributed by atoms with Gasteiger partial charge in [0.2, 0.25) is 5.91 Å². The van der Waals surface area contributed by atoms with Gasteiger partial charge >= 0.3 is 0 Å². The molecule has 1 aromatic rings. The molecule has 0 aromatic heterocycles. The molecule has 1 amide bonds. The average Bonchev–Trinajstić information content (AvgIpc) is 2.74. The first-order valence-electron chi connectivity index (χ1n) is 7.09. The van der Waals surface area contributed by atoms with Crippen molar-refractivity contribution in [3.63, 3.8) is 0 Å². The molecule has 0 radical (unpaired) electrons. The first kappa shape index (κ1) is 16.0. The van der Waals surface area contributed by atoms with Crippen LogP contribution in [0.4, 0.5) is 0 Å². The predicted octanol–water partition coefficient (Wildman–Crippen LogP) is 1.19. The molecule has 0 spiro atoms. The molecule has 2 atom stereocenters. The van der Waals surface area contributed by atoms with Crippen LogP contribution in [-0.2, 0) is 14.6 Å². The van der Waals surface area contributed by atoms with Gasteiger partial charge in [0.1, 0.15) is 15.9 Å². The number of rotatable bonds is 5. The van der Waals surface area contributed by atoms with E-state index < -0.39 is 15.9 Å². The van der Waals surface area contributed by atoms with Crippen LogP contribution < -0.4 is 5.32 Å². The van der Waals surface area contributed by atoms with Crippen LogP contribution in [0.2, 0.25) is 0 Å². The van der Waals surface area contributed by atoms with E-state index in [0.717, 1.165) is 5.56 Å². The van der Waals surface area contributed by atoms with Crippen molar-refractivity contribution in [2.45, 2.75) is 26.1 Å². The molecule has 0 bridgehead atoms. The van der Waals surface area contributed by atoms with Crippen LogP contribution in [-0.4, -0.2) is 43.9 Å². The van der Waals surface area contributed by atoms with Crippen molar-refractivity contribution in [1.29, 1.82) is 0 Å². The Labute approximate surface area is 126 Å². The molecule has 1 N–H and O–H groups in total. The van der Waals surface area contributed by atoms with Crippen LogP contribution in [0.15, 0.2) is 30.3 Å². The monoisotopic (exact) mass is 310 g/mol. The van der Waals surface area contributed by atoms with Gasteiger partial charge in [-0.15, -0.1) is 0 Å². The highest BCUT2D eigenvalue weighted by atomic mass is 32.2. The fourth-order valence-corrected chi connectivity index (χ4v) is 3.11. The maximum Gasteiger partial charge on any atom is 0.245 e. The zero-order chi connectivity index (χ0) is 15.6. The molecule has 116 valence electrons.